The Kier molecular flexibility index (Phi) is 5.45. The van der Waals surface area contributed by atoms with Crippen molar-refractivity contribution in [1.82, 2.24) is 20.4 Å². The topological polar surface area (TPSA) is 70.2 Å². The van der Waals surface area contributed by atoms with Gasteiger partial charge in [-0.05, 0) is 53.5 Å². The van der Waals surface area contributed by atoms with Crippen molar-refractivity contribution in [3.63, 3.8) is 0 Å². The first-order valence-electron chi connectivity index (χ1n) is 8.06. The molecule has 0 aliphatic carbocycles. The average molecular weight is 308 g/mol. The minimum Gasteiger partial charge on any atom is -0.444 e. The van der Waals surface area contributed by atoms with Crippen molar-refractivity contribution in [3.8, 4) is 0 Å². The number of rotatable bonds is 5. The van der Waals surface area contributed by atoms with Crippen molar-refractivity contribution in [3.05, 3.63) is 17.5 Å². The Morgan fingerprint density at radius 1 is 1.55 bits per heavy atom. The molecule has 1 aliphatic rings. The van der Waals surface area contributed by atoms with Crippen LogP contribution in [0.5, 0.6) is 0 Å². The molecule has 124 valence electrons. The number of aromatic amines is 1. The van der Waals surface area contributed by atoms with Crippen molar-refractivity contribution in [2.24, 2.45) is 0 Å². The lowest BCUT2D eigenvalue weighted by molar-refractivity contribution is 0.0221. The summed E-state index contributed by atoms with van der Waals surface area (Å²) in [4.78, 5) is 14.1. The molecule has 1 fully saturated rings. The minimum atomic E-state index is -0.429. The summed E-state index contributed by atoms with van der Waals surface area (Å²) in [7, 11) is 0. The maximum absolute atomic E-state index is 12.2. The van der Waals surface area contributed by atoms with E-state index in [1.807, 2.05) is 38.8 Å². The van der Waals surface area contributed by atoms with E-state index in [0.717, 1.165) is 44.6 Å². The molecule has 1 saturated heterocycles. The molecule has 2 heterocycles. The number of aromatic nitrogens is 2. The summed E-state index contributed by atoms with van der Waals surface area (Å²) >= 11 is 0. The molecule has 0 saturated carbocycles. The molecular weight excluding hydrogens is 280 g/mol. The number of nitrogens with one attached hydrogen (secondary N) is 2. The average Bonchev–Trinajstić information content (AvgIpc) is 3.02. The summed E-state index contributed by atoms with van der Waals surface area (Å²) in [6, 6.07) is 0.285. The number of hydrogen-bond acceptors (Lipinski definition) is 4. The van der Waals surface area contributed by atoms with Crippen LogP contribution in [-0.2, 0) is 11.3 Å². The number of likely N-dealkylation sites (tertiary alicyclic amines) is 1. The number of amides is 1. The number of H-pyrrole nitrogens is 1. The zero-order valence-electron chi connectivity index (χ0n) is 14.1. The van der Waals surface area contributed by atoms with Gasteiger partial charge in [0.1, 0.15) is 5.60 Å². The van der Waals surface area contributed by atoms with E-state index in [2.05, 4.69) is 15.5 Å². The van der Waals surface area contributed by atoms with E-state index in [9.17, 15) is 4.79 Å². The first kappa shape index (κ1) is 16.8. The predicted molar refractivity (Wildman–Crippen MR) is 85.6 cm³/mol. The number of ether oxygens (including phenoxy) is 1. The lowest BCUT2D eigenvalue weighted by atomic mass is 10.1. The SMILES string of the molecule is Cc1[nH]ncc1CNCCC1CCCN1C(=O)OC(C)(C)C. The molecule has 22 heavy (non-hydrogen) atoms. The second kappa shape index (κ2) is 7.13. The van der Waals surface area contributed by atoms with Gasteiger partial charge in [0.15, 0.2) is 0 Å². The summed E-state index contributed by atoms with van der Waals surface area (Å²) in [6.07, 6.45) is 4.75. The summed E-state index contributed by atoms with van der Waals surface area (Å²) in [5.74, 6) is 0. The van der Waals surface area contributed by atoms with Gasteiger partial charge < -0.3 is 15.0 Å². The molecule has 2 rings (SSSR count). The molecule has 1 aromatic heterocycles. The molecule has 1 amide bonds. The van der Waals surface area contributed by atoms with Crippen LogP contribution in [0.1, 0.15) is 51.3 Å². The number of aryl methyl sites for hydroxylation is 1. The van der Waals surface area contributed by atoms with Crippen LogP contribution in [0.4, 0.5) is 4.79 Å². The van der Waals surface area contributed by atoms with Gasteiger partial charge in [-0.15, -0.1) is 0 Å². The minimum absolute atomic E-state index is 0.180. The van der Waals surface area contributed by atoms with Gasteiger partial charge in [-0.3, -0.25) is 5.10 Å². The largest absolute Gasteiger partial charge is 0.444 e. The fraction of sp³-hybridized carbons (Fsp3) is 0.750. The fourth-order valence-corrected chi connectivity index (χ4v) is 2.74. The normalized spacial score (nSPS) is 18.7. The lowest BCUT2D eigenvalue weighted by Gasteiger charge is -2.28. The van der Waals surface area contributed by atoms with E-state index in [0.29, 0.717) is 0 Å². The number of carbonyl (C=O) groups is 1. The number of hydrogen-bond donors (Lipinski definition) is 2. The van der Waals surface area contributed by atoms with Crippen LogP contribution in [0.2, 0.25) is 0 Å². The van der Waals surface area contributed by atoms with Crippen LogP contribution in [0.25, 0.3) is 0 Å². The molecule has 0 radical (unpaired) electrons. The molecule has 0 aromatic carbocycles. The maximum atomic E-state index is 12.2. The Hall–Kier alpha value is -1.56. The van der Waals surface area contributed by atoms with Crippen LogP contribution < -0.4 is 5.32 Å². The van der Waals surface area contributed by atoms with Crippen molar-refractivity contribution in [1.29, 1.82) is 0 Å². The highest BCUT2D eigenvalue weighted by atomic mass is 16.6. The molecular formula is C16H28N4O2. The highest BCUT2D eigenvalue weighted by molar-refractivity contribution is 5.68. The Labute approximate surface area is 132 Å². The summed E-state index contributed by atoms with van der Waals surface area (Å²) in [5.41, 5.74) is 1.86. The van der Waals surface area contributed by atoms with Crippen molar-refractivity contribution < 1.29 is 9.53 Å². The Morgan fingerprint density at radius 3 is 2.95 bits per heavy atom. The van der Waals surface area contributed by atoms with Gasteiger partial charge in [-0.1, -0.05) is 0 Å². The van der Waals surface area contributed by atoms with Gasteiger partial charge >= 0.3 is 6.09 Å². The number of carbonyl (C=O) groups excluding carboxylic acids is 1. The van der Waals surface area contributed by atoms with Gasteiger partial charge in [0.05, 0.1) is 6.20 Å². The third-order valence-electron chi connectivity index (χ3n) is 3.91. The van der Waals surface area contributed by atoms with Crippen LogP contribution in [0, 0.1) is 6.92 Å². The Bertz CT molecular complexity index is 493. The Morgan fingerprint density at radius 2 is 2.32 bits per heavy atom. The zero-order chi connectivity index (χ0) is 16.2. The number of nitrogens with zero attached hydrogens (tertiary/aromatic N) is 2. The standard InChI is InChI=1S/C16H28N4O2/c1-12-13(11-18-19-12)10-17-8-7-14-6-5-9-20(14)15(21)22-16(2,3)4/h11,14,17H,5-10H2,1-4H3,(H,18,19). The second-order valence-electron chi connectivity index (χ2n) is 6.96. The molecule has 0 spiro atoms. The smallest absolute Gasteiger partial charge is 0.410 e. The van der Waals surface area contributed by atoms with Gasteiger partial charge in [-0.2, -0.15) is 5.10 Å². The van der Waals surface area contributed by atoms with Gasteiger partial charge in [0, 0.05) is 30.4 Å². The van der Waals surface area contributed by atoms with Gasteiger partial charge in [0.25, 0.3) is 0 Å². The van der Waals surface area contributed by atoms with E-state index in [4.69, 9.17) is 4.74 Å². The van der Waals surface area contributed by atoms with E-state index in [1.165, 1.54) is 5.56 Å². The van der Waals surface area contributed by atoms with Crippen LogP contribution in [-0.4, -0.2) is 45.9 Å². The van der Waals surface area contributed by atoms with Crippen molar-refractivity contribution >= 4 is 6.09 Å². The predicted octanol–water partition coefficient (Wildman–Crippen LogP) is 2.60. The third-order valence-corrected chi connectivity index (χ3v) is 3.91. The van der Waals surface area contributed by atoms with Gasteiger partial charge in [0.2, 0.25) is 0 Å². The molecule has 1 aromatic rings. The van der Waals surface area contributed by atoms with E-state index >= 15 is 0 Å². The summed E-state index contributed by atoms with van der Waals surface area (Å²) < 4.78 is 5.49. The van der Waals surface area contributed by atoms with Crippen LogP contribution in [0.3, 0.4) is 0 Å². The highest BCUT2D eigenvalue weighted by Crippen LogP contribution is 2.22. The quantitative estimate of drug-likeness (QED) is 0.820. The summed E-state index contributed by atoms with van der Waals surface area (Å²) in [6.45, 7) is 10.2. The molecule has 1 atom stereocenters. The second-order valence-corrected chi connectivity index (χ2v) is 6.96. The monoisotopic (exact) mass is 308 g/mol. The molecule has 0 bridgehead atoms. The highest BCUT2D eigenvalue weighted by Gasteiger charge is 2.31. The van der Waals surface area contributed by atoms with E-state index in [1.54, 1.807) is 0 Å². The molecule has 6 heteroatoms. The zero-order valence-corrected chi connectivity index (χ0v) is 14.1. The van der Waals surface area contributed by atoms with E-state index < -0.39 is 5.60 Å². The molecule has 6 nitrogen and oxygen atoms in total. The maximum Gasteiger partial charge on any atom is 0.410 e. The lowest BCUT2D eigenvalue weighted by Crippen LogP contribution is -2.40. The van der Waals surface area contributed by atoms with Crippen molar-refractivity contribution in [2.75, 3.05) is 13.1 Å². The first-order chi connectivity index (χ1) is 10.4. The fourth-order valence-electron chi connectivity index (χ4n) is 2.74. The summed E-state index contributed by atoms with van der Waals surface area (Å²) in [5, 5.41) is 10.4. The van der Waals surface area contributed by atoms with Crippen LogP contribution in [0.15, 0.2) is 6.20 Å². The van der Waals surface area contributed by atoms with E-state index in [-0.39, 0.29) is 12.1 Å². The molecule has 1 aliphatic heterocycles. The molecule has 2 N–H and O–H groups in total. The van der Waals surface area contributed by atoms with Crippen molar-refractivity contribution in [2.45, 2.75) is 65.1 Å². The third kappa shape index (κ3) is 4.73. The molecule has 1 unspecified atom stereocenters. The van der Waals surface area contributed by atoms with Gasteiger partial charge in [-0.25, -0.2) is 4.79 Å². The Balaban J connectivity index is 1.74. The van der Waals surface area contributed by atoms with Crippen LogP contribution >= 0.6 is 0 Å². The first-order valence-corrected chi connectivity index (χ1v) is 8.06.